The minimum absolute atomic E-state index is 0.0458. The molecule has 0 saturated carbocycles. The zero-order valence-corrected chi connectivity index (χ0v) is 11.6. The van der Waals surface area contributed by atoms with E-state index in [1.165, 1.54) is 11.3 Å². The first-order chi connectivity index (χ1) is 7.88. The second-order valence-electron chi connectivity index (χ2n) is 6.23. The Morgan fingerprint density at radius 2 is 2.00 bits per heavy atom. The molecule has 3 heteroatoms. The van der Waals surface area contributed by atoms with Crippen molar-refractivity contribution < 1.29 is 0 Å². The van der Waals surface area contributed by atoms with Gasteiger partial charge in [0, 0.05) is 48.4 Å². The van der Waals surface area contributed by atoms with E-state index < -0.39 is 0 Å². The first kappa shape index (κ1) is 12.5. The van der Waals surface area contributed by atoms with Gasteiger partial charge in [-0.05, 0) is 13.8 Å². The van der Waals surface area contributed by atoms with Gasteiger partial charge in [-0.3, -0.25) is 4.90 Å². The lowest BCUT2D eigenvalue weighted by Gasteiger charge is -2.31. The summed E-state index contributed by atoms with van der Waals surface area (Å²) >= 11 is 0. The maximum atomic E-state index is 4.74. The molecule has 0 aromatic carbocycles. The van der Waals surface area contributed by atoms with Gasteiger partial charge in [-0.15, -0.1) is 0 Å². The van der Waals surface area contributed by atoms with Crippen molar-refractivity contribution in [2.45, 2.75) is 59.0 Å². The summed E-state index contributed by atoms with van der Waals surface area (Å²) in [5, 5.41) is 0. The average Bonchev–Trinajstić information content (AvgIpc) is 2.26. The molecule has 0 aliphatic carbocycles. The van der Waals surface area contributed by atoms with Crippen LogP contribution in [0.1, 0.15) is 51.7 Å². The van der Waals surface area contributed by atoms with Crippen LogP contribution in [-0.4, -0.2) is 27.5 Å². The maximum Gasteiger partial charge on any atom is 0.133 e. The fourth-order valence-corrected chi connectivity index (χ4v) is 2.14. The molecule has 0 spiro atoms. The molecule has 17 heavy (non-hydrogen) atoms. The monoisotopic (exact) mass is 233 g/mol. The zero-order valence-electron chi connectivity index (χ0n) is 11.6. The number of hydrogen-bond donors (Lipinski definition) is 0. The van der Waals surface area contributed by atoms with Gasteiger partial charge in [-0.2, -0.15) is 0 Å². The Kier molecular flexibility index (Phi) is 3.21. The fourth-order valence-electron chi connectivity index (χ4n) is 2.14. The van der Waals surface area contributed by atoms with Crippen molar-refractivity contribution in [1.82, 2.24) is 14.9 Å². The average molecular weight is 233 g/mol. The largest absolute Gasteiger partial charge is 0.296 e. The van der Waals surface area contributed by atoms with Crippen LogP contribution in [0.2, 0.25) is 0 Å². The highest BCUT2D eigenvalue weighted by Gasteiger charge is 2.23. The predicted octanol–water partition coefficient (Wildman–Crippen LogP) is 2.54. The first-order valence-corrected chi connectivity index (χ1v) is 6.47. The van der Waals surface area contributed by atoms with Gasteiger partial charge in [-0.1, -0.05) is 20.8 Å². The van der Waals surface area contributed by atoms with Crippen molar-refractivity contribution in [2.24, 2.45) is 0 Å². The van der Waals surface area contributed by atoms with Gasteiger partial charge in [0.2, 0.25) is 0 Å². The summed E-state index contributed by atoms with van der Waals surface area (Å²) in [5.74, 6) is 0.967. The van der Waals surface area contributed by atoms with Crippen molar-refractivity contribution in [2.75, 3.05) is 6.54 Å². The Labute approximate surface area is 104 Å². The molecule has 94 valence electrons. The molecular weight excluding hydrogens is 210 g/mol. The number of aromatic nitrogens is 2. The van der Waals surface area contributed by atoms with Gasteiger partial charge in [0.25, 0.3) is 0 Å². The standard InChI is InChI=1S/C14H23N3/c1-10(2)17-7-6-12-11(9-17)8-15-13(16-12)14(3,4)5/h8,10H,6-7,9H2,1-5H3. The van der Waals surface area contributed by atoms with E-state index in [0.29, 0.717) is 6.04 Å². The van der Waals surface area contributed by atoms with Crippen molar-refractivity contribution in [1.29, 1.82) is 0 Å². The maximum absolute atomic E-state index is 4.74. The highest BCUT2D eigenvalue weighted by molar-refractivity contribution is 5.22. The molecule has 1 aliphatic rings. The SMILES string of the molecule is CC(C)N1CCc2nc(C(C)(C)C)ncc2C1. The van der Waals surface area contributed by atoms with E-state index in [0.717, 1.165) is 25.3 Å². The van der Waals surface area contributed by atoms with Crippen LogP contribution in [0.15, 0.2) is 6.20 Å². The van der Waals surface area contributed by atoms with E-state index >= 15 is 0 Å². The Bertz CT molecular complexity index is 404. The molecule has 0 amide bonds. The number of fused-ring (bicyclic) bond motifs is 1. The summed E-state index contributed by atoms with van der Waals surface area (Å²) in [4.78, 5) is 11.7. The lowest BCUT2D eigenvalue weighted by Crippen LogP contribution is -2.36. The van der Waals surface area contributed by atoms with Crippen molar-refractivity contribution in [3.05, 3.63) is 23.3 Å². The topological polar surface area (TPSA) is 29.0 Å². The van der Waals surface area contributed by atoms with Gasteiger partial charge in [0.1, 0.15) is 5.82 Å². The number of rotatable bonds is 1. The lowest BCUT2D eigenvalue weighted by atomic mass is 9.95. The molecule has 0 N–H and O–H groups in total. The highest BCUT2D eigenvalue weighted by Crippen LogP contribution is 2.23. The Hall–Kier alpha value is -0.960. The van der Waals surface area contributed by atoms with E-state index in [1.54, 1.807) is 0 Å². The van der Waals surface area contributed by atoms with E-state index in [4.69, 9.17) is 4.98 Å². The molecule has 3 nitrogen and oxygen atoms in total. The van der Waals surface area contributed by atoms with E-state index in [2.05, 4.69) is 44.5 Å². The van der Waals surface area contributed by atoms with Crippen LogP contribution in [-0.2, 0) is 18.4 Å². The molecule has 2 heterocycles. The minimum Gasteiger partial charge on any atom is -0.296 e. The molecule has 0 atom stereocenters. The summed E-state index contributed by atoms with van der Waals surface area (Å²) in [7, 11) is 0. The van der Waals surface area contributed by atoms with Crippen LogP contribution < -0.4 is 0 Å². The molecule has 1 aliphatic heterocycles. The van der Waals surface area contributed by atoms with Crippen LogP contribution in [0.25, 0.3) is 0 Å². The third-order valence-electron chi connectivity index (χ3n) is 3.36. The van der Waals surface area contributed by atoms with Gasteiger partial charge in [0.05, 0.1) is 0 Å². The van der Waals surface area contributed by atoms with Gasteiger partial charge >= 0.3 is 0 Å². The molecule has 1 aromatic rings. The van der Waals surface area contributed by atoms with E-state index in [1.807, 2.05) is 6.20 Å². The van der Waals surface area contributed by atoms with Gasteiger partial charge < -0.3 is 0 Å². The van der Waals surface area contributed by atoms with Gasteiger partial charge in [0.15, 0.2) is 0 Å². The summed E-state index contributed by atoms with van der Waals surface area (Å²) in [6.07, 6.45) is 3.08. The molecule has 1 aromatic heterocycles. The second-order valence-corrected chi connectivity index (χ2v) is 6.23. The van der Waals surface area contributed by atoms with Gasteiger partial charge in [-0.25, -0.2) is 9.97 Å². The summed E-state index contributed by atoms with van der Waals surface area (Å²) < 4.78 is 0. The third kappa shape index (κ3) is 2.65. The number of hydrogen-bond acceptors (Lipinski definition) is 3. The summed E-state index contributed by atoms with van der Waals surface area (Å²) in [6, 6.07) is 0.602. The Morgan fingerprint density at radius 1 is 1.29 bits per heavy atom. The number of nitrogens with zero attached hydrogens (tertiary/aromatic N) is 3. The third-order valence-corrected chi connectivity index (χ3v) is 3.36. The second kappa shape index (κ2) is 4.37. The van der Waals surface area contributed by atoms with Crippen molar-refractivity contribution in [3.63, 3.8) is 0 Å². The molecule has 0 fully saturated rings. The van der Waals surface area contributed by atoms with Crippen LogP contribution in [0, 0.1) is 0 Å². The van der Waals surface area contributed by atoms with E-state index in [9.17, 15) is 0 Å². The smallest absolute Gasteiger partial charge is 0.133 e. The van der Waals surface area contributed by atoms with Crippen molar-refractivity contribution in [3.8, 4) is 0 Å². The van der Waals surface area contributed by atoms with Crippen LogP contribution in [0.4, 0.5) is 0 Å². The zero-order chi connectivity index (χ0) is 12.6. The summed E-state index contributed by atoms with van der Waals surface area (Å²) in [6.45, 7) is 13.1. The quantitative estimate of drug-likeness (QED) is 0.746. The molecular formula is C14H23N3. The van der Waals surface area contributed by atoms with E-state index in [-0.39, 0.29) is 5.41 Å². The first-order valence-electron chi connectivity index (χ1n) is 6.47. The van der Waals surface area contributed by atoms with Crippen LogP contribution in [0.3, 0.4) is 0 Å². The van der Waals surface area contributed by atoms with Crippen LogP contribution in [0.5, 0.6) is 0 Å². The molecule has 0 radical (unpaired) electrons. The summed E-state index contributed by atoms with van der Waals surface area (Å²) in [5.41, 5.74) is 2.60. The Balaban J connectivity index is 2.26. The normalized spacial score (nSPS) is 17.3. The van der Waals surface area contributed by atoms with Crippen LogP contribution >= 0.6 is 0 Å². The Morgan fingerprint density at radius 3 is 2.59 bits per heavy atom. The minimum atomic E-state index is 0.0458. The van der Waals surface area contributed by atoms with Crippen molar-refractivity contribution >= 4 is 0 Å². The molecule has 0 bridgehead atoms. The molecule has 0 saturated heterocycles. The predicted molar refractivity (Wildman–Crippen MR) is 70.0 cm³/mol. The lowest BCUT2D eigenvalue weighted by molar-refractivity contribution is 0.201. The fraction of sp³-hybridized carbons (Fsp3) is 0.714. The molecule has 0 unspecified atom stereocenters. The highest BCUT2D eigenvalue weighted by atomic mass is 15.2. The molecule has 2 rings (SSSR count).